The fraction of sp³-hybridized carbons (Fsp3) is 0.529. The van der Waals surface area contributed by atoms with Crippen LogP contribution in [0.3, 0.4) is 0 Å². The van der Waals surface area contributed by atoms with Crippen LogP contribution in [-0.4, -0.2) is 62.9 Å². The second kappa shape index (κ2) is 6.78. The molecule has 7 nitrogen and oxygen atoms in total. The fourth-order valence-corrected chi connectivity index (χ4v) is 3.68. The molecule has 2 fully saturated rings. The molecule has 2 saturated heterocycles. The summed E-state index contributed by atoms with van der Waals surface area (Å²) >= 11 is 0. The maximum absolute atomic E-state index is 12.8. The summed E-state index contributed by atoms with van der Waals surface area (Å²) < 4.78 is 14.5. The van der Waals surface area contributed by atoms with E-state index in [1.165, 1.54) is 0 Å². The summed E-state index contributed by atoms with van der Waals surface area (Å²) in [6.07, 6.45) is 9.08. The zero-order chi connectivity index (χ0) is 17.2. The second-order valence-corrected chi connectivity index (χ2v) is 6.67. The largest absolute Gasteiger partial charge is 0.355 e. The van der Waals surface area contributed by atoms with E-state index in [9.17, 15) is 9.18 Å². The molecule has 1 atom stereocenters. The number of nitrogens with zero attached hydrogens (tertiary/aromatic N) is 6. The van der Waals surface area contributed by atoms with Crippen LogP contribution in [0.15, 0.2) is 30.9 Å². The van der Waals surface area contributed by atoms with E-state index in [1.807, 2.05) is 17.2 Å². The van der Waals surface area contributed by atoms with Crippen molar-refractivity contribution < 1.29 is 9.18 Å². The van der Waals surface area contributed by atoms with E-state index in [1.54, 1.807) is 23.3 Å². The maximum atomic E-state index is 12.8. The summed E-state index contributed by atoms with van der Waals surface area (Å²) in [5.41, 5.74) is 0. The van der Waals surface area contributed by atoms with Gasteiger partial charge in [-0.3, -0.25) is 14.2 Å². The van der Waals surface area contributed by atoms with E-state index in [0.29, 0.717) is 18.8 Å². The first kappa shape index (κ1) is 16.0. The summed E-state index contributed by atoms with van der Waals surface area (Å²) in [6, 6.07) is 2.06. The molecular weight excluding hydrogens is 323 g/mol. The Bertz CT molecular complexity index is 728. The third-order valence-electron chi connectivity index (χ3n) is 5.03. The van der Waals surface area contributed by atoms with Gasteiger partial charge in [-0.1, -0.05) is 0 Å². The van der Waals surface area contributed by atoms with Crippen LogP contribution in [0.25, 0.3) is 5.82 Å². The topological polar surface area (TPSA) is 67.2 Å². The van der Waals surface area contributed by atoms with Crippen LogP contribution in [0.2, 0.25) is 0 Å². The number of carbonyl (C=O) groups excluding carboxylic acids is 1. The van der Waals surface area contributed by atoms with Gasteiger partial charge in [-0.25, -0.2) is 9.67 Å². The van der Waals surface area contributed by atoms with Gasteiger partial charge < -0.3 is 9.80 Å². The van der Waals surface area contributed by atoms with Crippen LogP contribution in [-0.2, 0) is 4.79 Å². The Morgan fingerprint density at radius 2 is 2.00 bits per heavy atom. The molecule has 2 aliphatic heterocycles. The Morgan fingerprint density at radius 3 is 2.68 bits per heavy atom. The minimum Gasteiger partial charge on any atom is -0.355 e. The summed E-state index contributed by atoms with van der Waals surface area (Å²) in [5.74, 6) is 1.48. The van der Waals surface area contributed by atoms with E-state index in [4.69, 9.17) is 0 Å². The Kier molecular flexibility index (Phi) is 4.33. The van der Waals surface area contributed by atoms with E-state index in [-0.39, 0.29) is 17.9 Å². The molecule has 0 aromatic carbocycles. The minimum atomic E-state index is -0.406. The molecule has 25 heavy (non-hydrogen) atoms. The van der Waals surface area contributed by atoms with Crippen molar-refractivity contribution in [3.05, 3.63) is 30.9 Å². The molecule has 4 heterocycles. The Hall–Kier alpha value is -2.51. The van der Waals surface area contributed by atoms with Crippen molar-refractivity contribution in [2.45, 2.75) is 25.3 Å². The highest BCUT2D eigenvalue weighted by molar-refractivity contribution is 5.79. The first-order valence-electron chi connectivity index (χ1n) is 8.67. The second-order valence-electron chi connectivity index (χ2n) is 6.67. The summed E-state index contributed by atoms with van der Waals surface area (Å²) in [4.78, 5) is 25.1. The Balaban J connectivity index is 1.41. The SMILES string of the molecule is O=C1CC(CF)CN1C1CCN(c2cncc(-n3cccn3)n2)CC1. The van der Waals surface area contributed by atoms with Crippen molar-refractivity contribution in [3.8, 4) is 5.82 Å². The van der Waals surface area contributed by atoms with Gasteiger partial charge in [0.1, 0.15) is 5.82 Å². The lowest BCUT2D eigenvalue weighted by Gasteiger charge is -2.37. The molecule has 0 N–H and O–H groups in total. The maximum Gasteiger partial charge on any atom is 0.223 e. The van der Waals surface area contributed by atoms with Gasteiger partial charge >= 0.3 is 0 Å². The number of amides is 1. The highest BCUT2D eigenvalue weighted by atomic mass is 19.1. The molecule has 8 heteroatoms. The van der Waals surface area contributed by atoms with Gasteiger partial charge in [0, 0.05) is 50.4 Å². The summed E-state index contributed by atoms with van der Waals surface area (Å²) in [7, 11) is 0. The molecule has 0 aliphatic carbocycles. The Morgan fingerprint density at radius 1 is 1.20 bits per heavy atom. The van der Waals surface area contributed by atoms with E-state index < -0.39 is 6.67 Å². The van der Waals surface area contributed by atoms with E-state index in [2.05, 4.69) is 20.0 Å². The standard InChI is InChI=1S/C17H21FN6O/c18-9-13-8-17(25)23(12-13)14-2-6-22(7-3-14)15-10-19-11-16(21-15)24-5-1-4-20-24/h1,4-5,10-11,13-14H,2-3,6-9,12H2. The molecule has 2 aromatic rings. The lowest BCUT2D eigenvalue weighted by Crippen LogP contribution is -2.46. The van der Waals surface area contributed by atoms with Crippen LogP contribution in [0.4, 0.5) is 10.2 Å². The van der Waals surface area contributed by atoms with E-state index in [0.717, 1.165) is 31.7 Å². The first-order valence-corrected chi connectivity index (χ1v) is 8.67. The molecular formula is C17H21FN6O. The van der Waals surface area contributed by atoms with Crippen LogP contribution < -0.4 is 4.90 Å². The lowest BCUT2D eigenvalue weighted by molar-refractivity contribution is -0.130. The number of anilines is 1. The molecule has 0 radical (unpaired) electrons. The molecule has 2 aliphatic rings. The summed E-state index contributed by atoms with van der Waals surface area (Å²) in [6.45, 7) is 1.78. The van der Waals surface area contributed by atoms with E-state index >= 15 is 0 Å². The van der Waals surface area contributed by atoms with Gasteiger partial charge in [0.25, 0.3) is 0 Å². The van der Waals surface area contributed by atoms with Crippen LogP contribution >= 0.6 is 0 Å². The normalized spacial score (nSPS) is 22.0. The molecule has 4 rings (SSSR count). The lowest BCUT2D eigenvalue weighted by atomic mass is 10.0. The van der Waals surface area contributed by atoms with Crippen molar-refractivity contribution in [1.29, 1.82) is 0 Å². The number of hydrogen-bond donors (Lipinski definition) is 0. The van der Waals surface area contributed by atoms with Gasteiger partial charge in [0.05, 0.1) is 19.1 Å². The third-order valence-corrected chi connectivity index (χ3v) is 5.03. The minimum absolute atomic E-state index is 0.0987. The average Bonchev–Trinajstić information content (AvgIpc) is 3.32. The van der Waals surface area contributed by atoms with Crippen LogP contribution in [0.1, 0.15) is 19.3 Å². The number of likely N-dealkylation sites (tertiary alicyclic amines) is 1. The number of halogens is 1. The van der Waals surface area contributed by atoms with Crippen molar-refractivity contribution in [2.75, 3.05) is 31.2 Å². The predicted molar refractivity (Wildman–Crippen MR) is 90.2 cm³/mol. The zero-order valence-electron chi connectivity index (χ0n) is 14.0. The van der Waals surface area contributed by atoms with Crippen LogP contribution in [0.5, 0.6) is 0 Å². The zero-order valence-corrected chi connectivity index (χ0v) is 14.0. The molecule has 2 aromatic heterocycles. The molecule has 0 bridgehead atoms. The average molecular weight is 344 g/mol. The number of piperidine rings is 1. The van der Waals surface area contributed by atoms with Crippen molar-refractivity contribution in [2.24, 2.45) is 5.92 Å². The molecule has 132 valence electrons. The first-order chi connectivity index (χ1) is 12.2. The van der Waals surface area contributed by atoms with Gasteiger partial charge in [0.15, 0.2) is 5.82 Å². The van der Waals surface area contributed by atoms with Crippen molar-refractivity contribution >= 4 is 11.7 Å². The fourth-order valence-electron chi connectivity index (χ4n) is 3.68. The number of rotatable bonds is 4. The highest BCUT2D eigenvalue weighted by Gasteiger charge is 2.35. The molecule has 0 saturated carbocycles. The third kappa shape index (κ3) is 3.20. The monoisotopic (exact) mass is 344 g/mol. The van der Waals surface area contributed by atoms with Gasteiger partial charge in [-0.15, -0.1) is 0 Å². The van der Waals surface area contributed by atoms with Crippen LogP contribution in [0, 0.1) is 5.92 Å². The van der Waals surface area contributed by atoms with Gasteiger partial charge in [-0.2, -0.15) is 5.10 Å². The quantitative estimate of drug-likeness (QED) is 0.840. The predicted octanol–water partition coefficient (Wildman–Crippen LogP) is 1.45. The number of carbonyl (C=O) groups is 1. The smallest absolute Gasteiger partial charge is 0.223 e. The molecule has 1 amide bonds. The Labute approximate surface area is 145 Å². The number of alkyl halides is 1. The summed E-state index contributed by atoms with van der Waals surface area (Å²) in [5, 5.41) is 4.18. The number of hydrogen-bond acceptors (Lipinski definition) is 5. The van der Waals surface area contributed by atoms with Crippen molar-refractivity contribution in [3.63, 3.8) is 0 Å². The van der Waals surface area contributed by atoms with Crippen molar-refractivity contribution in [1.82, 2.24) is 24.6 Å². The highest BCUT2D eigenvalue weighted by Crippen LogP contribution is 2.27. The molecule has 0 spiro atoms. The van der Waals surface area contributed by atoms with Gasteiger partial charge in [0.2, 0.25) is 5.91 Å². The van der Waals surface area contributed by atoms with Gasteiger partial charge in [-0.05, 0) is 18.9 Å². The number of aromatic nitrogens is 4. The molecule has 1 unspecified atom stereocenters.